The largest absolute Gasteiger partial charge is 0.380 e. The highest BCUT2D eigenvalue weighted by atomic mass is 79.9. The summed E-state index contributed by atoms with van der Waals surface area (Å²) in [6.07, 6.45) is 7.40. The van der Waals surface area contributed by atoms with E-state index in [0.29, 0.717) is 6.04 Å². The van der Waals surface area contributed by atoms with E-state index in [1.54, 1.807) is 0 Å². The fourth-order valence-corrected chi connectivity index (χ4v) is 5.72. The van der Waals surface area contributed by atoms with Gasteiger partial charge in [0.1, 0.15) is 0 Å². The molecule has 2 nitrogen and oxygen atoms in total. The van der Waals surface area contributed by atoms with Crippen molar-refractivity contribution in [3.8, 4) is 0 Å². The van der Waals surface area contributed by atoms with Crippen LogP contribution in [0.1, 0.15) is 32.1 Å². The van der Waals surface area contributed by atoms with Crippen molar-refractivity contribution in [2.24, 2.45) is 23.7 Å². The maximum Gasteiger partial charge on any atom is 0.0597 e. The molecule has 0 unspecified atom stereocenters. The molecule has 4 fully saturated rings. The second-order valence-electron chi connectivity index (χ2n) is 7.66. The van der Waals surface area contributed by atoms with Crippen LogP contribution in [0.5, 0.6) is 0 Å². The van der Waals surface area contributed by atoms with Crippen molar-refractivity contribution >= 4 is 27.3 Å². The highest BCUT2D eigenvalue weighted by Gasteiger charge is 2.48. The van der Waals surface area contributed by atoms with Crippen LogP contribution in [0.15, 0.2) is 22.7 Å². The van der Waals surface area contributed by atoms with Gasteiger partial charge in [-0.3, -0.25) is 0 Å². The number of hydrogen-bond acceptors (Lipinski definition) is 2. The Balaban J connectivity index is 1.60. The summed E-state index contributed by atoms with van der Waals surface area (Å²) in [4.78, 5) is 2.21. The zero-order valence-corrected chi connectivity index (χ0v) is 14.6. The van der Waals surface area contributed by atoms with Crippen molar-refractivity contribution < 1.29 is 0 Å². The number of nitrogens with one attached hydrogen (secondary N) is 1. The van der Waals surface area contributed by atoms with E-state index in [1.165, 1.54) is 48.0 Å². The van der Waals surface area contributed by atoms with Crippen LogP contribution in [0.25, 0.3) is 0 Å². The number of halogens is 1. The van der Waals surface area contributed by atoms with Crippen molar-refractivity contribution in [2.75, 3.05) is 24.3 Å². The lowest BCUT2D eigenvalue weighted by atomic mass is 9.54. The third-order valence-corrected chi connectivity index (χ3v) is 6.48. The average Bonchev–Trinajstić information content (AvgIpc) is 2.41. The Hall–Kier alpha value is -0.700. The number of benzene rings is 1. The SMILES string of the molecule is CN(C)c1ccc(Br)cc1NC1C2CC3CC(C2)CC1C3. The molecule has 0 radical (unpaired) electrons. The number of nitrogens with zero attached hydrogens (tertiary/aromatic N) is 1. The highest BCUT2D eigenvalue weighted by molar-refractivity contribution is 9.10. The van der Waals surface area contributed by atoms with E-state index < -0.39 is 0 Å². The fraction of sp³-hybridized carbons (Fsp3) is 0.667. The Labute approximate surface area is 136 Å². The zero-order chi connectivity index (χ0) is 14.6. The van der Waals surface area contributed by atoms with E-state index in [0.717, 1.165) is 23.7 Å². The van der Waals surface area contributed by atoms with E-state index in [-0.39, 0.29) is 0 Å². The van der Waals surface area contributed by atoms with Gasteiger partial charge in [-0.2, -0.15) is 0 Å². The molecule has 0 aromatic heterocycles. The molecule has 21 heavy (non-hydrogen) atoms. The minimum atomic E-state index is 0.700. The molecule has 0 atom stereocenters. The van der Waals surface area contributed by atoms with Gasteiger partial charge in [-0.1, -0.05) is 15.9 Å². The zero-order valence-electron chi connectivity index (χ0n) is 13.0. The van der Waals surface area contributed by atoms with Gasteiger partial charge in [-0.25, -0.2) is 0 Å². The summed E-state index contributed by atoms with van der Waals surface area (Å²) < 4.78 is 1.17. The molecular weight excluding hydrogens is 324 g/mol. The molecule has 5 rings (SSSR count). The summed E-state index contributed by atoms with van der Waals surface area (Å²) in [5, 5.41) is 3.94. The molecule has 1 N–H and O–H groups in total. The van der Waals surface area contributed by atoms with E-state index in [1.807, 2.05) is 0 Å². The molecule has 4 saturated carbocycles. The van der Waals surface area contributed by atoms with Crippen molar-refractivity contribution in [3.63, 3.8) is 0 Å². The van der Waals surface area contributed by atoms with Gasteiger partial charge in [0.2, 0.25) is 0 Å². The Morgan fingerprint density at radius 2 is 1.62 bits per heavy atom. The highest BCUT2D eigenvalue weighted by Crippen LogP contribution is 2.54. The monoisotopic (exact) mass is 348 g/mol. The average molecular weight is 349 g/mol. The first-order valence-corrected chi connectivity index (χ1v) is 9.13. The molecule has 1 aromatic rings. The Bertz CT molecular complexity index is 512. The van der Waals surface area contributed by atoms with Crippen LogP contribution in [0.3, 0.4) is 0 Å². The van der Waals surface area contributed by atoms with E-state index in [2.05, 4.69) is 58.4 Å². The lowest BCUT2D eigenvalue weighted by Crippen LogP contribution is -2.51. The van der Waals surface area contributed by atoms with Gasteiger partial charge in [-0.15, -0.1) is 0 Å². The summed E-state index contributed by atoms with van der Waals surface area (Å²) in [6.45, 7) is 0. The molecule has 0 amide bonds. The van der Waals surface area contributed by atoms with Crippen molar-refractivity contribution in [1.29, 1.82) is 0 Å². The number of rotatable bonds is 3. The Morgan fingerprint density at radius 3 is 2.19 bits per heavy atom. The van der Waals surface area contributed by atoms with Crippen LogP contribution >= 0.6 is 15.9 Å². The van der Waals surface area contributed by atoms with Crippen LogP contribution < -0.4 is 10.2 Å². The Kier molecular flexibility index (Phi) is 3.44. The number of anilines is 2. The molecule has 3 heteroatoms. The maximum atomic E-state index is 3.94. The van der Waals surface area contributed by atoms with E-state index in [9.17, 15) is 0 Å². The smallest absolute Gasteiger partial charge is 0.0597 e. The van der Waals surface area contributed by atoms with Gasteiger partial charge in [-0.05, 0) is 74.0 Å². The van der Waals surface area contributed by atoms with Crippen molar-refractivity contribution in [1.82, 2.24) is 0 Å². The molecule has 4 aliphatic carbocycles. The standard InChI is InChI=1S/C18H25BrN2/c1-21(2)17-4-3-15(19)10-16(17)20-18-13-6-11-5-12(8-13)9-14(18)7-11/h3-4,10-14,18,20H,5-9H2,1-2H3. The second kappa shape index (κ2) is 5.19. The topological polar surface area (TPSA) is 15.3 Å². The summed E-state index contributed by atoms with van der Waals surface area (Å²) in [5.41, 5.74) is 2.60. The molecule has 114 valence electrons. The minimum Gasteiger partial charge on any atom is -0.380 e. The lowest BCUT2D eigenvalue weighted by molar-refractivity contribution is 0.00755. The predicted octanol–water partition coefficient (Wildman–Crippen LogP) is 4.75. The first-order chi connectivity index (χ1) is 10.1. The van der Waals surface area contributed by atoms with Crippen LogP contribution in [0.2, 0.25) is 0 Å². The van der Waals surface area contributed by atoms with Gasteiger partial charge in [0.05, 0.1) is 11.4 Å². The minimum absolute atomic E-state index is 0.700. The van der Waals surface area contributed by atoms with Crippen molar-refractivity contribution in [2.45, 2.75) is 38.1 Å². The molecule has 4 aliphatic rings. The molecular formula is C18H25BrN2. The first kappa shape index (κ1) is 13.9. The van der Waals surface area contributed by atoms with Crippen LogP contribution in [0.4, 0.5) is 11.4 Å². The van der Waals surface area contributed by atoms with E-state index in [4.69, 9.17) is 0 Å². The normalized spacial score (nSPS) is 36.8. The summed E-state index contributed by atoms with van der Waals surface area (Å²) in [6, 6.07) is 7.30. The van der Waals surface area contributed by atoms with Gasteiger partial charge < -0.3 is 10.2 Å². The summed E-state index contributed by atoms with van der Waals surface area (Å²) >= 11 is 3.63. The lowest BCUT2D eigenvalue weighted by Gasteiger charge is -2.54. The third kappa shape index (κ3) is 2.48. The quantitative estimate of drug-likeness (QED) is 0.847. The predicted molar refractivity (Wildman–Crippen MR) is 92.9 cm³/mol. The van der Waals surface area contributed by atoms with Crippen LogP contribution in [0, 0.1) is 23.7 Å². The van der Waals surface area contributed by atoms with Gasteiger partial charge >= 0.3 is 0 Å². The molecule has 1 aromatic carbocycles. The van der Waals surface area contributed by atoms with Gasteiger partial charge in [0.25, 0.3) is 0 Å². The molecule has 4 bridgehead atoms. The Morgan fingerprint density at radius 1 is 1.00 bits per heavy atom. The fourth-order valence-electron chi connectivity index (χ4n) is 5.35. The third-order valence-electron chi connectivity index (χ3n) is 5.99. The molecule has 0 heterocycles. The molecule has 0 spiro atoms. The summed E-state index contributed by atoms with van der Waals surface area (Å²) in [5.74, 6) is 3.91. The van der Waals surface area contributed by atoms with Gasteiger partial charge in [0.15, 0.2) is 0 Å². The molecule has 0 saturated heterocycles. The maximum absolute atomic E-state index is 3.94. The van der Waals surface area contributed by atoms with Gasteiger partial charge in [0, 0.05) is 24.6 Å². The first-order valence-electron chi connectivity index (χ1n) is 8.33. The summed E-state index contributed by atoms with van der Waals surface area (Å²) in [7, 11) is 4.26. The van der Waals surface area contributed by atoms with Crippen LogP contribution in [-0.2, 0) is 0 Å². The number of hydrogen-bond donors (Lipinski definition) is 1. The molecule has 0 aliphatic heterocycles. The van der Waals surface area contributed by atoms with Crippen LogP contribution in [-0.4, -0.2) is 20.1 Å². The van der Waals surface area contributed by atoms with E-state index >= 15 is 0 Å². The van der Waals surface area contributed by atoms with Crippen molar-refractivity contribution in [3.05, 3.63) is 22.7 Å². The second-order valence-corrected chi connectivity index (χ2v) is 8.57.